The molecule has 1 atom stereocenters. The number of furan rings is 1. The number of alkyl halides is 3. The van der Waals surface area contributed by atoms with Gasteiger partial charge in [0.1, 0.15) is 11.5 Å². The van der Waals surface area contributed by atoms with Gasteiger partial charge >= 0.3 is 6.18 Å². The minimum Gasteiger partial charge on any atom is -0.497 e. The van der Waals surface area contributed by atoms with Crippen molar-refractivity contribution in [1.82, 2.24) is 15.1 Å². The van der Waals surface area contributed by atoms with Crippen LogP contribution >= 0.6 is 0 Å². The van der Waals surface area contributed by atoms with Crippen molar-refractivity contribution in [3.8, 4) is 5.75 Å². The molecule has 3 aromatic rings. The predicted molar refractivity (Wildman–Crippen MR) is 103 cm³/mol. The molecule has 0 aliphatic rings. The van der Waals surface area contributed by atoms with Gasteiger partial charge in [-0.1, -0.05) is 19.1 Å². The number of aryl methyl sites for hydroxylation is 1. The minimum absolute atomic E-state index is 0.00905. The van der Waals surface area contributed by atoms with Crippen LogP contribution in [0, 0.1) is 6.92 Å². The number of carbonyl (C=O) groups excluding carboxylic acids is 1. The lowest BCUT2D eigenvalue weighted by Crippen LogP contribution is -2.27. The lowest BCUT2D eigenvalue weighted by Gasteiger charge is -2.17. The van der Waals surface area contributed by atoms with Crippen LogP contribution in [0.3, 0.4) is 0 Å². The maximum Gasteiger partial charge on any atom is 0.435 e. The third-order valence-electron chi connectivity index (χ3n) is 4.69. The van der Waals surface area contributed by atoms with E-state index in [9.17, 15) is 18.0 Å². The monoisotopic (exact) mass is 421 g/mol. The first kappa shape index (κ1) is 21.5. The number of benzene rings is 1. The van der Waals surface area contributed by atoms with E-state index in [1.165, 1.54) is 17.7 Å². The number of nitrogens with zero attached hydrogens (tertiary/aromatic N) is 2. The Balaban J connectivity index is 1.69. The van der Waals surface area contributed by atoms with Gasteiger partial charge in [0, 0.05) is 5.69 Å². The second-order valence-electron chi connectivity index (χ2n) is 6.80. The molecule has 1 amide bonds. The largest absolute Gasteiger partial charge is 0.497 e. The summed E-state index contributed by atoms with van der Waals surface area (Å²) >= 11 is 0. The van der Waals surface area contributed by atoms with Gasteiger partial charge in [0.05, 0.1) is 19.7 Å². The molecule has 0 saturated carbocycles. The van der Waals surface area contributed by atoms with E-state index in [1.807, 2.05) is 31.2 Å². The molecule has 0 spiro atoms. The molecule has 3 rings (SSSR count). The average Bonchev–Trinajstić information content (AvgIpc) is 3.33. The fraction of sp³-hybridized carbons (Fsp3) is 0.333. The number of hydrogen-bond acceptors (Lipinski definition) is 4. The Morgan fingerprint density at radius 3 is 2.50 bits per heavy atom. The van der Waals surface area contributed by atoms with Gasteiger partial charge in [-0.15, -0.1) is 0 Å². The van der Waals surface area contributed by atoms with Crippen LogP contribution in [0.5, 0.6) is 5.75 Å². The third-order valence-corrected chi connectivity index (χ3v) is 4.69. The molecule has 9 heteroatoms. The highest BCUT2D eigenvalue weighted by atomic mass is 19.4. The van der Waals surface area contributed by atoms with Gasteiger partial charge in [0.15, 0.2) is 11.5 Å². The van der Waals surface area contributed by atoms with E-state index in [0.29, 0.717) is 17.9 Å². The first-order valence-electron chi connectivity index (χ1n) is 9.36. The van der Waals surface area contributed by atoms with Crippen LogP contribution in [0.15, 0.2) is 46.9 Å². The highest BCUT2D eigenvalue weighted by molar-refractivity contribution is 5.91. The van der Waals surface area contributed by atoms with Gasteiger partial charge in [-0.25, -0.2) is 0 Å². The van der Waals surface area contributed by atoms with Crippen molar-refractivity contribution in [1.29, 1.82) is 0 Å². The Morgan fingerprint density at radius 2 is 1.93 bits per heavy atom. The van der Waals surface area contributed by atoms with Crippen LogP contribution in [0.25, 0.3) is 0 Å². The molecule has 0 aliphatic heterocycles. The van der Waals surface area contributed by atoms with E-state index < -0.39 is 17.8 Å². The number of ether oxygens (including phenoxy) is 1. The predicted octanol–water partition coefficient (Wildman–Crippen LogP) is 4.74. The maximum absolute atomic E-state index is 12.8. The van der Waals surface area contributed by atoms with Crippen molar-refractivity contribution in [2.24, 2.45) is 0 Å². The van der Waals surface area contributed by atoms with E-state index >= 15 is 0 Å². The van der Waals surface area contributed by atoms with E-state index in [-0.39, 0.29) is 18.3 Å². The molecule has 2 heterocycles. The van der Waals surface area contributed by atoms with E-state index in [1.54, 1.807) is 13.2 Å². The molecule has 0 bridgehead atoms. The number of rotatable bonds is 7. The summed E-state index contributed by atoms with van der Waals surface area (Å²) in [4.78, 5) is 12.6. The molecule has 160 valence electrons. The van der Waals surface area contributed by atoms with Crippen LogP contribution in [0.4, 0.5) is 13.2 Å². The highest BCUT2D eigenvalue weighted by Crippen LogP contribution is 2.28. The Hall–Kier alpha value is -3.23. The van der Waals surface area contributed by atoms with Gasteiger partial charge in [-0.05, 0) is 49.2 Å². The van der Waals surface area contributed by atoms with Gasteiger partial charge < -0.3 is 14.5 Å². The number of halogens is 3. The van der Waals surface area contributed by atoms with Gasteiger partial charge in [-0.2, -0.15) is 18.3 Å². The van der Waals surface area contributed by atoms with Crippen molar-refractivity contribution < 1.29 is 27.1 Å². The smallest absolute Gasteiger partial charge is 0.435 e. The zero-order valence-electron chi connectivity index (χ0n) is 16.8. The number of hydrogen-bond donors (Lipinski definition) is 1. The molecule has 30 heavy (non-hydrogen) atoms. The quantitative estimate of drug-likeness (QED) is 0.598. The number of aromatic nitrogens is 2. The first-order chi connectivity index (χ1) is 14.2. The topological polar surface area (TPSA) is 69.3 Å². The highest BCUT2D eigenvalue weighted by Gasteiger charge is 2.34. The van der Waals surface area contributed by atoms with E-state index in [2.05, 4.69) is 10.4 Å². The van der Waals surface area contributed by atoms with Crippen molar-refractivity contribution in [3.05, 3.63) is 70.9 Å². The van der Waals surface area contributed by atoms with Crippen molar-refractivity contribution >= 4 is 5.91 Å². The minimum atomic E-state index is -4.51. The van der Waals surface area contributed by atoms with Crippen molar-refractivity contribution in [2.45, 2.75) is 39.0 Å². The summed E-state index contributed by atoms with van der Waals surface area (Å²) in [5.74, 6) is 0.727. The van der Waals surface area contributed by atoms with Gasteiger partial charge in [-0.3, -0.25) is 9.48 Å². The number of methoxy groups -OCH3 is 1. The van der Waals surface area contributed by atoms with Crippen LogP contribution < -0.4 is 10.1 Å². The number of amides is 1. The van der Waals surface area contributed by atoms with Crippen molar-refractivity contribution in [3.63, 3.8) is 0 Å². The Morgan fingerprint density at radius 1 is 1.23 bits per heavy atom. The molecule has 0 aliphatic carbocycles. The fourth-order valence-electron chi connectivity index (χ4n) is 3.03. The zero-order chi connectivity index (χ0) is 21.9. The van der Waals surface area contributed by atoms with E-state index in [0.717, 1.165) is 17.4 Å². The summed E-state index contributed by atoms with van der Waals surface area (Å²) < 4.78 is 50.3. The molecular weight excluding hydrogens is 399 g/mol. The molecule has 1 aromatic carbocycles. The second kappa shape index (κ2) is 8.64. The Bertz CT molecular complexity index is 1010. The molecule has 0 fully saturated rings. The average molecular weight is 421 g/mol. The third kappa shape index (κ3) is 4.84. The fourth-order valence-corrected chi connectivity index (χ4v) is 3.03. The summed E-state index contributed by atoms with van der Waals surface area (Å²) in [5, 5.41) is 6.47. The molecule has 0 saturated heterocycles. The molecule has 6 nitrogen and oxygen atoms in total. The van der Waals surface area contributed by atoms with Gasteiger partial charge in [0.2, 0.25) is 0 Å². The first-order valence-corrected chi connectivity index (χ1v) is 9.36. The Kier molecular flexibility index (Phi) is 6.19. The zero-order valence-corrected chi connectivity index (χ0v) is 16.8. The summed E-state index contributed by atoms with van der Waals surface area (Å²) in [6.45, 7) is 3.46. The molecule has 1 unspecified atom stereocenters. The standard InChI is InChI=1S/C21H22F3N3O3/c1-4-17(14-5-7-15(29-3)8-6-14)25-20(28)18-10-9-16(30-18)12-27-13(2)11-19(26-27)21(22,23)24/h5-11,17H,4,12H2,1-3H3,(H,25,28). The second-order valence-corrected chi connectivity index (χ2v) is 6.80. The van der Waals surface area contributed by atoms with Crippen molar-refractivity contribution in [2.75, 3.05) is 7.11 Å². The van der Waals surface area contributed by atoms with Crippen LogP contribution in [-0.2, 0) is 12.7 Å². The normalized spacial score (nSPS) is 12.6. The summed E-state index contributed by atoms with van der Waals surface area (Å²) in [5.41, 5.74) is 0.301. The summed E-state index contributed by atoms with van der Waals surface area (Å²) in [6.07, 6.45) is -3.85. The molecule has 0 radical (unpaired) electrons. The summed E-state index contributed by atoms with van der Waals surface area (Å²) in [6, 6.07) is 11.2. The SMILES string of the molecule is CCC(NC(=O)c1ccc(Cn2nc(C(F)(F)F)cc2C)o1)c1ccc(OC)cc1. The van der Waals surface area contributed by atoms with Crippen LogP contribution in [0.2, 0.25) is 0 Å². The van der Waals surface area contributed by atoms with Crippen LogP contribution in [-0.4, -0.2) is 22.8 Å². The lowest BCUT2D eigenvalue weighted by atomic mass is 10.0. The summed E-state index contributed by atoms with van der Waals surface area (Å²) in [7, 11) is 1.58. The maximum atomic E-state index is 12.8. The molecular formula is C21H22F3N3O3. The van der Waals surface area contributed by atoms with Crippen LogP contribution in [0.1, 0.15) is 52.7 Å². The molecule has 2 aromatic heterocycles. The Labute approximate surface area is 171 Å². The van der Waals surface area contributed by atoms with E-state index in [4.69, 9.17) is 9.15 Å². The number of nitrogens with one attached hydrogen (secondary N) is 1. The van der Waals surface area contributed by atoms with Gasteiger partial charge in [0.25, 0.3) is 5.91 Å². The lowest BCUT2D eigenvalue weighted by molar-refractivity contribution is -0.141. The number of carbonyl (C=O) groups is 1. The molecule has 1 N–H and O–H groups in total.